The van der Waals surface area contributed by atoms with Crippen LogP contribution in [0.15, 0.2) is 35.4 Å². The fourth-order valence-electron chi connectivity index (χ4n) is 1.78. The van der Waals surface area contributed by atoms with Gasteiger partial charge in [0, 0.05) is 34.0 Å². The highest BCUT2D eigenvalue weighted by molar-refractivity contribution is 8.22. The number of hydrazone groups is 1. The van der Waals surface area contributed by atoms with Gasteiger partial charge in [-0.05, 0) is 24.3 Å². The van der Waals surface area contributed by atoms with Crippen molar-refractivity contribution in [1.82, 2.24) is 5.01 Å². The molecule has 0 saturated carbocycles. The molecule has 0 heterocycles. The van der Waals surface area contributed by atoms with Crippen LogP contribution in [0, 0.1) is 5.82 Å². The predicted octanol–water partition coefficient (Wildman–Crippen LogP) is 5.98. The van der Waals surface area contributed by atoms with Crippen molar-refractivity contribution in [3.8, 4) is 5.75 Å². The summed E-state index contributed by atoms with van der Waals surface area (Å²) in [6.07, 6.45) is 1.38. The van der Waals surface area contributed by atoms with Crippen molar-refractivity contribution in [1.29, 1.82) is 0 Å². The van der Waals surface area contributed by atoms with Gasteiger partial charge in [-0.15, -0.1) is 0 Å². The van der Waals surface area contributed by atoms with Gasteiger partial charge in [0.1, 0.15) is 11.6 Å². The van der Waals surface area contributed by atoms with E-state index in [9.17, 15) is 9.50 Å². The van der Waals surface area contributed by atoms with E-state index in [1.165, 1.54) is 41.2 Å². The number of nitrogens with zero attached hydrogens (tertiary/aromatic N) is 2. The van der Waals surface area contributed by atoms with Gasteiger partial charge in [0.2, 0.25) is 0 Å². The van der Waals surface area contributed by atoms with Crippen LogP contribution in [0.3, 0.4) is 0 Å². The van der Waals surface area contributed by atoms with Crippen molar-refractivity contribution < 1.29 is 9.50 Å². The van der Waals surface area contributed by atoms with Gasteiger partial charge in [0.25, 0.3) is 0 Å². The molecule has 0 aliphatic heterocycles. The normalized spacial score (nSPS) is 11.1. The predicted molar refractivity (Wildman–Crippen MR) is 109 cm³/mol. The Bertz CT molecular complexity index is 813. The summed E-state index contributed by atoms with van der Waals surface area (Å²) in [5, 5.41) is 16.3. The van der Waals surface area contributed by atoms with Gasteiger partial charge in [0.05, 0.1) is 11.2 Å². The van der Waals surface area contributed by atoms with Crippen molar-refractivity contribution in [2.45, 2.75) is 5.75 Å². The summed E-state index contributed by atoms with van der Waals surface area (Å²) >= 11 is 24.2. The van der Waals surface area contributed by atoms with Gasteiger partial charge >= 0.3 is 0 Å². The molecule has 0 bridgehead atoms. The zero-order valence-electron chi connectivity index (χ0n) is 12.8. The number of hydrogen-bond donors (Lipinski definition) is 1. The van der Waals surface area contributed by atoms with Crippen LogP contribution in [0.5, 0.6) is 5.75 Å². The van der Waals surface area contributed by atoms with E-state index in [-0.39, 0.29) is 22.3 Å². The molecule has 0 amide bonds. The standard InChI is InChI=1S/C16H12Cl3FN2OS2/c1-22(21-7-9-5-10(17)6-13(19)15(9)23)16(24)25-8-11-12(18)3-2-4-14(11)20/h2-7,23H,8H2,1H3/b21-7-. The van der Waals surface area contributed by atoms with E-state index in [2.05, 4.69) is 5.10 Å². The minimum Gasteiger partial charge on any atom is -0.506 e. The maximum atomic E-state index is 13.8. The highest BCUT2D eigenvalue weighted by Gasteiger charge is 2.11. The quantitative estimate of drug-likeness (QED) is 0.363. The Kier molecular flexibility index (Phi) is 7.34. The van der Waals surface area contributed by atoms with E-state index in [1.54, 1.807) is 19.2 Å². The maximum absolute atomic E-state index is 13.8. The molecule has 0 spiro atoms. The summed E-state index contributed by atoms with van der Waals surface area (Å²) in [6.45, 7) is 0. The van der Waals surface area contributed by atoms with Crippen molar-refractivity contribution in [3.63, 3.8) is 0 Å². The van der Waals surface area contributed by atoms with E-state index in [0.29, 0.717) is 25.5 Å². The second-order valence-electron chi connectivity index (χ2n) is 4.85. The van der Waals surface area contributed by atoms with Gasteiger partial charge < -0.3 is 5.11 Å². The molecule has 0 aromatic heterocycles. The average Bonchev–Trinajstić information content (AvgIpc) is 2.55. The third-order valence-corrected chi connectivity index (χ3v) is 5.52. The summed E-state index contributed by atoms with van der Waals surface area (Å²) in [5.74, 6) is -0.231. The number of benzene rings is 2. The second kappa shape index (κ2) is 9.05. The minimum absolute atomic E-state index is 0.125. The van der Waals surface area contributed by atoms with Crippen molar-refractivity contribution in [2.75, 3.05) is 7.05 Å². The lowest BCUT2D eigenvalue weighted by molar-refractivity contribution is 0.474. The number of thiocarbonyl (C=S) groups is 1. The van der Waals surface area contributed by atoms with E-state index < -0.39 is 0 Å². The fraction of sp³-hybridized carbons (Fsp3) is 0.125. The highest BCUT2D eigenvalue weighted by Crippen LogP contribution is 2.30. The molecule has 0 aliphatic rings. The van der Waals surface area contributed by atoms with Crippen molar-refractivity contribution in [3.05, 3.63) is 62.3 Å². The van der Waals surface area contributed by atoms with Crippen LogP contribution in [0.4, 0.5) is 4.39 Å². The molecule has 3 nitrogen and oxygen atoms in total. The first-order chi connectivity index (χ1) is 11.8. The number of phenolic OH excluding ortho intramolecular Hbond substituents is 1. The van der Waals surface area contributed by atoms with Crippen molar-refractivity contribution >= 4 is 69.3 Å². The second-order valence-corrected chi connectivity index (χ2v) is 7.71. The Hall–Kier alpha value is -1.05. The van der Waals surface area contributed by atoms with Crippen LogP contribution in [0.1, 0.15) is 11.1 Å². The van der Waals surface area contributed by atoms with Crippen molar-refractivity contribution in [2.24, 2.45) is 5.10 Å². The SMILES string of the molecule is CN(/N=C\c1cc(Cl)cc(Cl)c1O)C(=S)SCc1c(F)cccc1Cl. The topological polar surface area (TPSA) is 35.8 Å². The lowest BCUT2D eigenvalue weighted by atomic mass is 10.2. The molecule has 0 unspecified atom stereocenters. The first-order valence-electron chi connectivity index (χ1n) is 6.85. The van der Waals surface area contributed by atoms with Crippen LogP contribution < -0.4 is 0 Å². The smallest absolute Gasteiger partial charge is 0.156 e. The van der Waals surface area contributed by atoms with Gasteiger partial charge in [-0.1, -0.05) is 64.8 Å². The summed E-state index contributed by atoms with van der Waals surface area (Å²) in [6, 6.07) is 7.46. The monoisotopic (exact) mass is 436 g/mol. The van der Waals surface area contributed by atoms with Gasteiger partial charge in [-0.2, -0.15) is 5.10 Å². The van der Waals surface area contributed by atoms with Crippen LogP contribution in [-0.2, 0) is 5.75 Å². The van der Waals surface area contributed by atoms with Gasteiger partial charge in [0.15, 0.2) is 4.32 Å². The minimum atomic E-state index is -0.382. The Balaban J connectivity index is 2.03. The molecule has 132 valence electrons. The van der Waals surface area contributed by atoms with E-state index in [0.717, 1.165) is 0 Å². The molecule has 0 saturated heterocycles. The molecule has 2 aromatic carbocycles. The summed E-state index contributed by atoms with van der Waals surface area (Å²) in [4.78, 5) is 0. The van der Waals surface area contributed by atoms with Gasteiger partial charge in [-0.25, -0.2) is 4.39 Å². The summed E-state index contributed by atoms with van der Waals surface area (Å²) < 4.78 is 14.2. The molecule has 0 aliphatic carbocycles. The number of halogens is 4. The van der Waals surface area contributed by atoms with E-state index >= 15 is 0 Å². The summed E-state index contributed by atoms with van der Waals surface area (Å²) in [7, 11) is 1.64. The molecule has 0 fully saturated rings. The Morgan fingerprint density at radius 2 is 2.04 bits per heavy atom. The molecular weight excluding hydrogens is 426 g/mol. The lowest BCUT2D eigenvalue weighted by Crippen LogP contribution is -2.16. The fourth-order valence-corrected chi connectivity index (χ4v) is 3.62. The number of hydrogen-bond acceptors (Lipinski definition) is 4. The number of thioether (sulfide) groups is 1. The first kappa shape index (κ1) is 20.3. The lowest BCUT2D eigenvalue weighted by Gasteiger charge is -2.14. The van der Waals surface area contributed by atoms with Crippen LogP contribution in [-0.4, -0.2) is 27.7 Å². The largest absolute Gasteiger partial charge is 0.506 e. The van der Waals surface area contributed by atoms with E-state index in [1.807, 2.05) is 0 Å². The zero-order valence-corrected chi connectivity index (χ0v) is 16.7. The summed E-state index contributed by atoms with van der Waals surface area (Å²) in [5.41, 5.74) is 0.738. The molecular formula is C16H12Cl3FN2OS2. The molecule has 2 rings (SSSR count). The molecule has 0 radical (unpaired) electrons. The zero-order chi connectivity index (χ0) is 18.6. The Morgan fingerprint density at radius 3 is 2.72 bits per heavy atom. The van der Waals surface area contributed by atoms with E-state index in [4.69, 9.17) is 47.0 Å². The molecule has 9 heteroatoms. The highest BCUT2D eigenvalue weighted by atomic mass is 35.5. The Morgan fingerprint density at radius 1 is 1.32 bits per heavy atom. The molecule has 2 aromatic rings. The molecule has 25 heavy (non-hydrogen) atoms. The Labute approximate surface area is 169 Å². The van der Waals surface area contributed by atoms with Crippen LogP contribution >= 0.6 is 58.8 Å². The molecule has 1 N–H and O–H groups in total. The number of aromatic hydroxyl groups is 1. The third kappa shape index (κ3) is 5.46. The molecule has 0 atom stereocenters. The number of rotatable bonds is 4. The first-order valence-corrected chi connectivity index (χ1v) is 9.37. The van der Waals surface area contributed by atoms with Crippen LogP contribution in [0.25, 0.3) is 0 Å². The third-order valence-electron chi connectivity index (χ3n) is 3.09. The van der Waals surface area contributed by atoms with Crippen LogP contribution in [0.2, 0.25) is 15.1 Å². The average molecular weight is 438 g/mol. The number of phenols is 1. The van der Waals surface area contributed by atoms with Gasteiger partial charge in [-0.3, -0.25) is 5.01 Å². The maximum Gasteiger partial charge on any atom is 0.156 e.